The normalized spacial score (nSPS) is 12.8. The van der Waals surface area contributed by atoms with E-state index in [0.29, 0.717) is 12.1 Å². The van der Waals surface area contributed by atoms with Crippen LogP contribution in [0.1, 0.15) is 19.4 Å². The molecule has 0 saturated heterocycles. The molecule has 0 aliphatic carbocycles. The molecule has 2 aromatic carbocycles. The first-order valence-corrected chi connectivity index (χ1v) is 10.6. The Labute approximate surface area is 157 Å². The maximum absolute atomic E-state index is 12.6. The van der Waals surface area contributed by atoms with Crippen LogP contribution in [0.2, 0.25) is 0 Å². The van der Waals surface area contributed by atoms with Gasteiger partial charge < -0.3 is 5.32 Å². The molecule has 2 N–H and O–H groups in total. The minimum atomic E-state index is -3.62. The van der Waals surface area contributed by atoms with Crippen molar-refractivity contribution in [3.63, 3.8) is 0 Å². The molecule has 0 spiro atoms. The van der Waals surface area contributed by atoms with E-state index in [0.717, 1.165) is 5.56 Å². The van der Waals surface area contributed by atoms with E-state index in [2.05, 4.69) is 27.6 Å². The number of nitrogens with one attached hydrogen (secondary N) is 2. The molecule has 1 amide bonds. The Bertz CT molecular complexity index is 1020. The fraction of sp³-hybridized carbons (Fsp3) is 0.211. The van der Waals surface area contributed by atoms with E-state index in [1.807, 2.05) is 19.1 Å². The van der Waals surface area contributed by atoms with Gasteiger partial charge in [0.05, 0.1) is 4.90 Å². The topological polar surface area (TPSA) is 75.3 Å². The number of hydrogen-bond acceptors (Lipinski definition) is 4. The first-order valence-electron chi connectivity index (χ1n) is 8.20. The lowest BCUT2D eigenvalue weighted by Crippen LogP contribution is -2.34. The summed E-state index contributed by atoms with van der Waals surface area (Å²) in [5, 5.41) is 5.87. The zero-order valence-electron chi connectivity index (χ0n) is 14.5. The molecule has 5 nitrogen and oxygen atoms in total. The van der Waals surface area contributed by atoms with Gasteiger partial charge in [0.15, 0.2) is 0 Å². The number of anilines is 1. The SMILES string of the molecule is CC(=O)Nc1ccc(S(=O)(=O)N[C@@H](C)Cc2csc3ccccc23)cc1. The molecule has 1 aromatic heterocycles. The summed E-state index contributed by atoms with van der Waals surface area (Å²) in [6.07, 6.45) is 0.618. The Morgan fingerprint density at radius 1 is 1.12 bits per heavy atom. The molecular formula is C19H20N2O3S2. The molecule has 1 atom stereocenters. The maximum atomic E-state index is 12.6. The standard InChI is InChI=1S/C19H20N2O3S2/c1-13(11-15-12-25-19-6-4-3-5-18(15)19)21-26(23,24)17-9-7-16(8-10-17)20-14(2)22/h3-10,12-13,21H,11H2,1-2H3,(H,20,22)/t13-/m0/s1. The summed E-state index contributed by atoms with van der Waals surface area (Å²) in [6.45, 7) is 3.26. The Morgan fingerprint density at radius 2 is 1.81 bits per heavy atom. The van der Waals surface area contributed by atoms with Crippen molar-refractivity contribution >= 4 is 43.0 Å². The number of fused-ring (bicyclic) bond motifs is 1. The van der Waals surface area contributed by atoms with Crippen LogP contribution in [0.25, 0.3) is 10.1 Å². The number of hydrogen-bond donors (Lipinski definition) is 2. The molecule has 1 heterocycles. The quantitative estimate of drug-likeness (QED) is 0.675. The maximum Gasteiger partial charge on any atom is 0.240 e. The molecule has 136 valence electrons. The largest absolute Gasteiger partial charge is 0.326 e. The highest BCUT2D eigenvalue weighted by atomic mass is 32.2. The van der Waals surface area contributed by atoms with Crippen molar-refractivity contribution in [2.75, 3.05) is 5.32 Å². The number of benzene rings is 2. The molecule has 3 rings (SSSR count). The van der Waals surface area contributed by atoms with Crippen molar-refractivity contribution in [3.8, 4) is 0 Å². The number of thiophene rings is 1. The van der Waals surface area contributed by atoms with Gasteiger partial charge >= 0.3 is 0 Å². The fourth-order valence-electron chi connectivity index (χ4n) is 2.82. The molecule has 3 aromatic rings. The van der Waals surface area contributed by atoms with E-state index in [1.54, 1.807) is 23.5 Å². The van der Waals surface area contributed by atoms with E-state index in [1.165, 1.54) is 29.1 Å². The predicted octanol–water partition coefficient (Wildman–Crippen LogP) is 3.77. The van der Waals surface area contributed by atoms with Crippen LogP contribution in [-0.2, 0) is 21.2 Å². The Hall–Kier alpha value is -2.22. The number of carbonyl (C=O) groups excluding carboxylic acids is 1. The lowest BCUT2D eigenvalue weighted by atomic mass is 10.1. The average Bonchev–Trinajstić information content (AvgIpc) is 2.97. The highest BCUT2D eigenvalue weighted by molar-refractivity contribution is 7.89. The van der Waals surface area contributed by atoms with Crippen molar-refractivity contribution in [1.29, 1.82) is 0 Å². The first-order chi connectivity index (χ1) is 12.3. The highest BCUT2D eigenvalue weighted by Crippen LogP contribution is 2.26. The smallest absolute Gasteiger partial charge is 0.240 e. The second-order valence-corrected chi connectivity index (χ2v) is 8.81. The first kappa shape index (κ1) is 18.6. The lowest BCUT2D eigenvalue weighted by Gasteiger charge is -2.14. The summed E-state index contributed by atoms with van der Waals surface area (Å²) in [7, 11) is -3.62. The number of amides is 1. The minimum absolute atomic E-state index is 0.175. The molecule has 0 aliphatic rings. The van der Waals surface area contributed by atoms with Gasteiger partial charge in [0.25, 0.3) is 0 Å². The Balaban J connectivity index is 1.71. The van der Waals surface area contributed by atoms with Crippen LogP contribution in [-0.4, -0.2) is 20.4 Å². The van der Waals surface area contributed by atoms with Crippen LogP contribution in [0.4, 0.5) is 5.69 Å². The minimum Gasteiger partial charge on any atom is -0.326 e. The lowest BCUT2D eigenvalue weighted by molar-refractivity contribution is -0.114. The Kier molecular flexibility index (Phi) is 5.41. The van der Waals surface area contributed by atoms with Crippen molar-refractivity contribution in [1.82, 2.24) is 4.72 Å². The van der Waals surface area contributed by atoms with Gasteiger partial charge in [-0.2, -0.15) is 0 Å². The van der Waals surface area contributed by atoms with Gasteiger partial charge in [-0.1, -0.05) is 18.2 Å². The number of carbonyl (C=O) groups is 1. The van der Waals surface area contributed by atoms with Gasteiger partial charge in [-0.15, -0.1) is 11.3 Å². The molecule has 0 aliphatic heterocycles. The zero-order valence-corrected chi connectivity index (χ0v) is 16.2. The monoisotopic (exact) mass is 388 g/mol. The summed E-state index contributed by atoms with van der Waals surface area (Å²) in [4.78, 5) is 11.2. The van der Waals surface area contributed by atoms with Crippen LogP contribution in [0.3, 0.4) is 0 Å². The van der Waals surface area contributed by atoms with Crippen LogP contribution in [0, 0.1) is 0 Å². The fourth-order valence-corrected chi connectivity index (χ4v) is 5.04. The molecular weight excluding hydrogens is 368 g/mol. The zero-order chi connectivity index (χ0) is 18.7. The third-order valence-electron chi connectivity index (χ3n) is 3.93. The van der Waals surface area contributed by atoms with Gasteiger partial charge in [-0.05, 0) is 60.0 Å². The van der Waals surface area contributed by atoms with E-state index in [9.17, 15) is 13.2 Å². The number of sulfonamides is 1. The highest BCUT2D eigenvalue weighted by Gasteiger charge is 2.18. The summed E-state index contributed by atoms with van der Waals surface area (Å²) < 4.78 is 29.1. The summed E-state index contributed by atoms with van der Waals surface area (Å²) >= 11 is 1.66. The molecule has 0 unspecified atom stereocenters. The molecule has 0 bridgehead atoms. The average molecular weight is 389 g/mol. The molecule has 26 heavy (non-hydrogen) atoms. The summed E-state index contributed by atoms with van der Waals surface area (Å²) in [6, 6.07) is 14.0. The molecule has 7 heteroatoms. The third kappa shape index (κ3) is 4.30. The van der Waals surface area contributed by atoms with Crippen LogP contribution in [0.15, 0.2) is 58.8 Å². The van der Waals surface area contributed by atoms with Gasteiger partial charge in [0, 0.05) is 23.4 Å². The van der Waals surface area contributed by atoms with Crippen LogP contribution in [0.5, 0.6) is 0 Å². The second kappa shape index (κ2) is 7.57. The Morgan fingerprint density at radius 3 is 2.50 bits per heavy atom. The van der Waals surface area contributed by atoms with E-state index < -0.39 is 10.0 Å². The van der Waals surface area contributed by atoms with Gasteiger partial charge in [-0.3, -0.25) is 4.79 Å². The van der Waals surface area contributed by atoms with Crippen LogP contribution >= 0.6 is 11.3 Å². The number of rotatable bonds is 6. The van der Waals surface area contributed by atoms with Crippen molar-refractivity contribution in [3.05, 3.63) is 59.5 Å². The van der Waals surface area contributed by atoms with E-state index >= 15 is 0 Å². The van der Waals surface area contributed by atoms with E-state index in [-0.39, 0.29) is 16.8 Å². The predicted molar refractivity (Wildman–Crippen MR) is 106 cm³/mol. The third-order valence-corrected chi connectivity index (χ3v) is 6.55. The molecule has 0 fully saturated rings. The van der Waals surface area contributed by atoms with Crippen molar-refractivity contribution < 1.29 is 13.2 Å². The van der Waals surface area contributed by atoms with Gasteiger partial charge in [-0.25, -0.2) is 13.1 Å². The van der Waals surface area contributed by atoms with E-state index in [4.69, 9.17) is 0 Å². The molecule has 0 saturated carbocycles. The van der Waals surface area contributed by atoms with Gasteiger partial charge in [0.1, 0.15) is 0 Å². The van der Waals surface area contributed by atoms with Gasteiger partial charge in [0.2, 0.25) is 15.9 Å². The summed E-state index contributed by atoms with van der Waals surface area (Å²) in [5.41, 5.74) is 1.70. The van der Waals surface area contributed by atoms with Crippen molar-refractivity contribution in [2.45, 2.75) is 31.2 Å². The van der Waals surface area contributed by atoms with Crippen LogP contribution < -0.4 is 10.0 Å². The van der Waals surface area contributed by atoms with Crippen molar-refractivity contribution in [2.24, 2.45) is 0 Å². The second-order valence-electron chi connectivity index (χ2n) is 6.19. The summed E-state index contributed by atoms with van der Waals surface area (Å²) in [5.74, 6) is -0.199. The molecule has 0 radical (unpaired) electrons.